The number of anilines is 1. The number of nitrogens with zero attached hydrogens (tertiary/aromatic N) is 3. The second-order valence-corrected chi connectivity index (χ2v) is 7.43. The molecule has 7 nitrogen and oxygen atoms in total. The summed E-state index contributed by atoms with van der Waals surface area (Å²) < 4.78 is 4.96. The number of rotatable bonds is 6. The van der Waals surface area contributed by atoms with E-state index in [1.54, 1.807) is 31.3 Å². The number of aryl methyl sites for hydroxylation is 1. The van der Waals surface area contributed by atoms with Crippen LogP contribution in [0.3, 0.4) is 0 Å². The van der Waals surface area contributed by atoms with Gasteiger partial charge in [-0.2, -0.15) is 0 Å². The summed E-state index contributed by atoms with van der Waals surface area (Å²) >= 11 is 1.37. The third kappa shape index (κ3) is 4.43. The molecule has 1 N–H and O–H groups in total. The van der Waals surface area contributed by atoms with Crippen LogP contribution in [0.5, 0.6) is 0 Å². The molecule has 0 radical (unpaired) electrons. The van der Waals surface area contributed by atoms with Gasteiger partial charge in [0.15, 0.2) is 5.82 Å². The fourth-order valence-electron chi connectivity index (χ4n) is 2.78. The molecule has 2 amide bonds. The lowest BCUT2D eigenvalue weighted by atomic mass is 10.2. The molecule has 26 heavy (non-hydrogen) atoms. The highest BCUT2D eigenvalue weighted by atomic mass is 32.2. The summed E-state index contributed by atoms with van der Waals surface area (Å²) in [6, 6.07) is 5.25. The molecule has 3 rings (SSSR count). The van der Waals surface area contributed by atoms with Crippen molar-refractivity contribution in [3.63, 3.8) is 0 Å². The van der Waals surface area contributed by atoms with E-state index in [1.807, 2.05) is 11.8 Å². The number of carbonyl (C=O) groups is 2. The number of carbonyl (C=O) groups excluding carboxylic acids is 2. The molecule has 1 aliphatic heterocycles. The van der Waals surface area contributed by atoms with Crippen LogP contribution in [-0.4, -0.2) is 45.2 Å². The molecule has 1 fully saturated rings. The van der Waals surface area contributed by atoms with Crippen LogP contribution in [0.2, 0.25) is 0 Å². The topological polar surface area (TPSA) is 88.3 Å². The Kier molecular flexibility index (Phi) is 5.92. The average molecular weight is 374 g/mol. The minimum Gasteiger partial charge on any atom is -0.360 e. The Balaban J connectivity index is 1.60. The monoisotopic (exact) mass is 374 g/mol. The van der Waals surface area contributed by atoms with E-state index in [0.717, 1.165) is 25.9 Å². The number of pyridine rings is 1. The van der Waals surface area contributed by atoms with Gasteiger partial charge >= 0.3 is 0 Å². The summed E-state index contributed by atoms with van der Waals surface area (Å²) in [5.41, 5.74) is 0.590. The van der Waals surface area contributed by atoms with Crippen molar-refractivity contribution in [2.45, 2.75) is 43.4 Å². The predicted molar refractivity (Wildman–Crippen MR) is 99.2 cm³/mol. The number of aromatic nitrogens is 2. The third-order valence-corrected chi connectivity index (χ3v) is 5.50. The van der Waals surface area contributed by atoms with Crippen LogP contribution in [0.4, 0.5) is 5.82 Å². The number of hydrogen-bond acceptors (Lipinski definition) is 6. The molecular weight excluding hydrogens is 352 g/mol. The number of nitrogens with one attached hydrogen (secondary N) is 1. The van der Waals surface area contributed by atoms with Crippen LogP contribution in [0.1, 0.15) is 42.3 Å². The van der Waals surface area contributed by atoms with E-state index in [2.05, 4.69) is 15.5 Å². The first-order valence-electron chi connectivity index (χ1n) is 8.73. The summed E-state index contributed by atoms with van der Waals surface area (Å²) in [4.78, 5) is 31.0. The summed E-state index contributed by atoms with van der Waals surface area (Å²) in [6.07, 6.45) is 4.36. The maximum absolute atomic E-state index is 12.4. The minimum atomic E-state index is -0.306. The second kappa shape index (κ2) is 8.35. The van der Waals surface area contributed by atoms with E-state index in [9.17, 15) is 9.59 Å². The molecule has 8 heteroatoms. The quantitative estimate of drug-likeness (QED) is 0.782. The first-order chi connectivity index (χ1) is 12.6. The molecule has 3 heterocycles. The highest BCUT2D eigenvalue weighted by molar-refractivity contribution is 8.00. The standard InChI is InChI=1S/C18H22N4O3S/c1-3-14(17(23)20-15-10-12(2)25-21-15)26-16-7-6-13(11-19-16)18(24)22-8-4-5-9-22/h6-7,10-11,14H,3-5,8-9H2,1-2H3,(H,20,21,23). The Morgan fingerprint density at radius 3 is 2.69 bits per heavy atom. The molecule has 0 saturated carbocycles. The van der Waals surface area contributed by atoms with Gasteiger partial charge in [-0.1, -0.05) is 23.8 Å². The molecule has 2 aromatic rings. The van der Waals surface area contributed by atoms with Gasteiger partial charge in [-0.25, -0.2) is 4.98 Å². The van der Waals surface area contributed by atoms with E-state index in [4.69, 9.17) is 4.52 Å². The van der Waals surface area contributed by atoms with Crippen molar-refractivity contribution < 1.29 is 14.1 Å². The average Bonchev–Trinajstić information content (AvgIpc) is 3.31. The van der Waals surface area contributed by atoms with Crippen LogP contribution in [0.15, 0.2) is 33.9 Å². The Bertz CT molecular complexity index is 769. The van der Waals surface area contributed by atoms with Crippen molar-refractivity contribution in [1.29, 1.82) is 0 Å². The van der Waals surface area contributed by atoms with Crippen LogP contribution in [0.25, 0.3) is 0 Å². The largest absolute Gasteiger partial charge is 0.360 e. The number of thioether (sulfide) groups is 1. The first-order valence-corrected chi connectivity index (χ1v) is 9.61. The lowest BCUT2D eigenvalue weighted by Gasteiger charge is -2.16. The minimum absolute atomic E-state index is 0.0257. The lowest BCUT2D eigenvalue weighted by Crippen LogP contribution is -2.27. The van der Waals surface area contributed by atoms with Gasteiger partial charge in [-0.3, -0.25) is 9.59 Å². The van der Waals surface area contributed by atoms with Gasteiger partial charge in [-0.15, -0.1) is 0 Å². The van der Waals surface area contributed by atoms with Crippen molar-refractivity contribution in [1.82, 2.24) is 15.0 Å². The SMILES string of the molecule is CCC(Sc1ccc(C(=O)N2CCCC2)cn1)C(=O)Nc1cc(C)on1. The van der Waals surface area contributed by atoms with Crippen molar-refractivity contribution in [3.8, 4) is 0 Å². The van der Waals surface area contributed by atoms with Gasteiger partial charge in [0.25, 0.3) is 5.91 Å². The predicted octanol–water partition coefficient (Wildman–Crippen LogP) is 3.12. The highest BCUT2D eigenvalue weighted by Crippen LogP contribution is 2.25. The fourth-order valence-corrected chi connectivity index (χ4v) is 3.66. The summed E-state index contributed by atoms with van der Waals surface area (Å²) in [6.45, 7) is 5.34. The van der Waals surface area contributed by atoms with Crippen LogP contribution < -0.4 is 5.32 Å². The van der Waals surface area contributed by atoms with E-state index in [1.165, 1.54) is 11.8 Å². The van der Waals surface area contributed by atoms with Gasteiger partial charge in [-0.05, 0) is 38.3 Å². The van der Waals surface area contributed by atoms with Crippen molar-refractivity contribution in [3.05, 3.63) is 35.7 Å². The van der Waals surface area contributed by atoms with Gasteiger partial charge in [0.2, 0.25) is 5.91 Å². The molecule has 1 saturated heterocycles. The summed E-state index contributed by atoms with van der Waals surface area (Å²) in [7, 11) is 0. The van der Waals surface area contributed by atoms with Crippen LogP contribution >= 0.6 is 11.8 Å². The first kappa shape index (κ1) is 18.4. The van der Waals surface area contributed by atoms with Gasteiger partial charge in [0.1, 0.15) is 5.76 Å². The lowest BCUT2D eigenvalue weighted by molar-refractivity contribution is -0.115. The zero-order valence-electron chi connectivity index (χ0n) is 14.9. The Hall–Kier alpha value is -2.35. The summed E-state index contributed by atoms with van der Waals surface area (Å²) in [5.74, 6) is 0.926. The maximum Gasteiger partial charge on any atom is 0.255 e. The van der Waals surface area contributed by atoms with Gasteiger partial charge in [0, 0.05) is 25.4 Å². The van der Waals surface area contributed by atoms with Crippen molar-refractivity contribution in [2.24, 2.45) is 0 Å². The Morgan fingerprint density at radius 1 is 1.35 bits per heavy atom. The van der Waals surface area contributed by atoms with E-state index < -0.39 is 0 Å². The zero-order valence-corrected chi connectivity index (χ0v) is 15.7. The fraction of sp³-hybridized carbons (Fsp3) is 0.444. The molecule has 1 unspecified atom stereocenters. The Morgan fingerprint density at radius 2 is 2.12 bits per heavy atom. The highest BCUT2D eigenvalue weighted by Gasteiger charge is 2.22. The number of hydrogen-bond donors (Lipinski definition) is 1. The molecule has 138 valence electrons. The normalized spacial score (nSPS) is 15.1. The van der Waals surface area contributed by atoms with E-state index in [-0.39, 0.29) is 17.1 Å². The zero-order chi connectivity index (χ0) is 18.5. The number of amides is 2. The molecule has 0 aliphatic carbocycles. The van der Waals surface area contributed by atoms with Crippen molar-refractivity contribution >= 4 is 29.4 Å². The smallest absolute Gasteiger partial charge is 0.255 e. The van der Waals surface area contributed by atoms with Crippen LogP contribution in [0, 0.1) is 6.92 Å². The second-order valence-electron chi connectivity index (χ2n) is 6.21. The number of likely N-dealkylation sites (tertiary alicyclic amines) is 1. The molecule has 2 aromatic heterocycles. The molecule has 0 spiro atoms. The van der Waals surface area contributed by atoms with E-state index in [0.29, 0.717) is 28.6 Å². The molecule has 1 aliphatic rings. The molecule has 1 atom stereocenters. The van der Waals surface area contributed by atoms with E-state index >= 15 is 0 Å². The van der Waals surface area contributed by atoms with Crippen molar-refractivity contribution in [2.75, 3.05) is 18.4 Å². The third-order valence-electron chi connectivity index (χ3n) is 4.18. The van der Waals surface area contributed by atoms with Gasteiger partial charge in [0.05, 0.1) is 15.8 Å². The van der Waals surface area contributed by atoms with Gasteiger partial charge < -0.3 is 14.7 Å². The Labute approximate surface area is 156 Å². The molecule has 0 bridgehead atoms. The summed E-state index contributed by atoms with van der Waals surface area (Å²) in [5, 5.41) is 6.93. The molecular formula is C18H22N4O3S. The van der Waals surface area contributed by atoms with Crippen LogP contribution in [-0.2, 0) is 4.79 Å². The maximum atomic E-state index is 12.4. The molecule has 0 aromatic carbocycles.